The zero-order valence-corrected chi connectivity index (χ0v) is 20.7. The van der Waals surface area contributed by atoms with Crippen molar-refractivity contribution in [1.29, 1.82) is 0 Å². The van der Waals surface area contributed by atoms with Gasteiger partial charge in [-0.2, -0.15) is 0 Å². The highest BCUT2D eigenvalue weighted by Crippen LogP contribution is 2.28. The van der Waals surface area contributed by atoms with Crippen LogP contribution in [0.5, 0.6) is 0 Å². The standard InChI is InChI=1S/C31H32N4O/c1-2-8-30(33-31(36)23-15-16-28-26(21-23)25-12-5-6-13-27(25)32-28)35-19-17-34(18-20-35)29-14-7-10-22-9-3-4-11-24(22)29/h3-7,9-16,21,30,32H,2,8,17-20H2,1H3,(H,33,36). The van der Waals surface area contributed by atoms with Crippen LogP contribution in [0.2, 0.25) is 0 Å². The minimum atomic E-state index is -0.00267. The number of anilines is 1. The molecule has 2 heterocycles. The van der Waals surface area contributed by atoms with Crippen LogP contribution in [0, 0.1) is 0 Å². The number of carbonyl (C=O) groups excluding carboxylic acids is 1. The molecule has 0 radical (unpaired) electrons. The summed E-state index contributed by atoms with van der Waals surface area (Å²) in [6.45, 7) is 5.94. The van der Waals surface area contributed by atoms with E-state index in [0.717, 1.165) is 60.8 Å². The summed E-state index contributed by atoms with van der Waals surface area (Å²) in [6.07, 6.45) is 2.00. The van der Waals surface area contributed by atoms with Gasteiger partial charge in [0.1, 0.15) is 0 Å². The quantitative estimate of drug-likeness (QED) is 0.309. The van der Waals surface area contributed by atoms with Crippen molar-refractivity contribution in [1.82, 2.24) is 15.2 Å². The highest BCUT2D eigenvalue weighted by Gasteiger charge is 2.26. The van der Waals surface area contributed by atoms with Crippen molar-refractivity contribution < 1.29 is 4.79 Å². The van der Waals surface area contributed by atoms with E-state index in [4.69, 9.17) is 0 Å². The lowest BCUT2D eigenvalue weighted by Gasteiger charge is -2.40. The highest BCUT2D eigenvalue weighted by atomic mass is 16.1. The minimum absolute atomic E-state index is 0.00267. The Hall–Kier alpha value is -3.83. The Balaban J connectivity index is 1.17. The van der Waals surface area contributed by atoms with Gasteiger partial charge in [0.15, 0.2) is 0 Å². The lowest BCUT2D eigenvalue weighted by Crippen LogP contribution is -2.56. The van der Waals surface area contributed by atoms with E-state index in [9.17, 15) is 4.79 Å². The number of hydrogen-bond acceptors (Lipinski definition) is 3. The third-order valence-electron chi connectivity index (χ3n) is 7.49. The van der Waals surface area contributed by atoms with Gasteiger partial charge in [-0.15, -0.1) is 0 Å². The monoisotopic (exact) mass is 476 g/mol. The predicted octanol–water partition coefficient (Wildman–Crippen LogP) is 6.15. The highest BCUT2D eigenvalue weighted by molar-refractivity contribution is 6.10. The molecule has 0 saturated carbocycles. The maximum atomic E-state index is 13.3. The summed E-state index contributed by atoms with van der Waals surface area (Å²) in [4.78, 5) is 21.7. The molecule has 5 aromatic rings. The molecule has 182 valence electrons. The van der Waals surface area contributed by atoms with Crippen LogP contribution in [0.25, 0.3) is 32.6 Å². The molecule has 1 aliphatic rings. The van der Waals surface area contributed by atoms with Crippen molar-refractivity contribution in [3.63, 3.8) is 0 Å². The molecule has 1 atom stereocenters. The Morgan fingerprint density at radius 1 is 0.833 bits per heavy atom. The van der Waals surface area contributed by atoms with Gasteiger partial charge in [0.05, 0.1) is 6.17 Å². The van der Waals surface area contributed by atoms with E-state index in [1.54, 1.807) is 0 Å². The SMILES string of the molecule is CCCC(NC(=O)c1ccc2[nH]c3ccccc3c2c1)N1CCN(c2cccc3ccccc23)CC1. The van der Waals surface area contributed by atoms with Gasteiger partial charge in [-0.05, 0) is 42.1 Å². The molecule has 5 nitrogen and oxygen atoms in total. The molecule has 1 saturated heterocycles. The first kappa shape index (κ1) is 22.6. The molecule has 1 unspecified atom stereocenters. The first-order chi connectivity index (χ1) is 17.7. The van der Waals surface area contributed by atoms with Crippen LogP contribution in [-0.2, 0) is 0 Å². The number of piperazine rings is 1. The topological polar surface area (TPSA) is 51.4 Å². The molecular weight excluding hydrogens is 444 g/mol. The molecule has 2 N–H and O–H groups in total. The fourth-order valence-corrected chi connectivity index (χ4v) is 5.60. The van der Waals surface area contributed by atoms with Crippen molar-refractivity contribution in [2.75, 3.05) is 31.1 Å². The summed E-state index contributed by atoms with van der Waals surface area (Å²) in [6, 6.07) is 29.3. The van der Waals surface area contributed by atoms with E-state index in [1.165, 1.54) is 16.5 Å². The van der Waals surface area contributed by atoms with E-state index >= 15 is 0 Å². The molecule has 1 fully saturated rings. The lowest BCUT2D eigenvalue weighted by molar-refractivity contribution is 0.0824. The molecule has 5 heteroatoms. The van der Waals surface area contributed by atoms with Gasteiger partial charge in [0.25, 0.3) is 5.91 Å². The van der Waals surface area contributed by atoms with Crippen LogP contribution in [0.4, 0.5) is 5.69 Å². The molecule has 1 aliphatic heterocycles. The van der Waals surface area contributed by atoms with Gasteiger partial charge < -0.3 is 15.2 Å². The largest absolute Gasteiger partial charge is 0.368 e. The second kappa shape index (κ2) is 9.67. The number of amides is 1. The zero-order chi connectivity index (χ0) is 24.5. The number of aromatic amines is 1. The summed E-state index contributed by atoms with van der Waals surface area (Å²) in [5.74, 6) is -0.00267. The molecule has 6 rings (SSSR count). The number of aromatic nitrogens is 1. The molecular formula is C31H32N4O. The van der Waals surface area contributed by atoms with E-state index < -0.39 is 0 Å². The lowest BCUT2D eigenvalue weighted by atomic mass is 10.1. The molecule has 1 amide bonds. The van der Waals surface area contributed by atoms with Crippen LogP contribution in [0.15, 0.2) is 84.9 Å². The number of carbonyl (C=O) groups is 1. The van der Waals surface area contributed by atoms with Crippen molar-refractivity contribution in [2.24, 2.45) is 0 Å². The van der Waals surface area contributed by atoms with E-state index in [-0.39, 0.29) is 12.1 Å². The van der Waals surface area contributed by atoms with Crippen LogP contribution in [0.3, 0.4) is 0 Å². The first-order valence-corrected chi connectivity index (χ1v) is 13.0. The number of H-pyrrole nitrogens is 1. The van der Waals surface area contributed by atoms with Gasteiger partial charge in [0.2, 0.25) is 0 Å². The maximum absolute atomic E-state index is 13.3. The molecule has 36 heavy (non-hydrogen) atoms. The maximum Gasteiger partial charge on any atom is 0.252 e. The number of hydrogen-bond donors (Lipinski definition) is 2. The van der Waals surface area contributed by atoms with Crippen LogP contribution in [-0.4, -0.2) is 48.1 Å². The third kappa shape index (κ3) is 4.20. The van der Waals surface area contributed by atoms with Crippen LogP contribution >= 0.6 is 0 Å². The second-order valence-corrected chi connectivity index (χ2v) is 9.73. The molecule has 0 spiro atoms. The predicted molar refractivity (Wildman–Crippen MR) is 150 cm³/mol. The summed E-state index contributed by atoms with van der Waals surface area (Å²) in [5, 5.41) is 8.18. The van der Waals surface area contributed by atoms with Gasteiger partial charge in [-0.1, -0.05) is 67.9 Å². The van der Waals surface area contributed by atoms with E-state index in [0.29, 0.717) is 5.56 Å². The normalized spacial score (nSPS) is 15.5. The second-order valence-electron chi connectivity index (χ2n) is 9.73. The number of fused-ring (bicyclic) bond motifs is 4. The van der Waals surface area contributed by atoms with Gasteiger partial charge >= 0.3 is 0 Å². The smallest absolute Gasteiger partial charge is 0.252 e. The average molecular weight is 477 g/mol. The van der Waals surface area contributed by atoms with Gasteiger partial charge in [0, 0.05) is 64.6 Å². The zero-order valence-electron chi connectivity index (χ0n) is 20.7. The van der Waals surface area contributed by atoms with Crippen molar-refractivity contribution >= 4 is 44.2 Å². The Morgan fingerprint density at radius 3 is 2.39 bits per heavy atom. The van der Waals surface area contributed by atoms with Gasteiger partial charge in [-0.3, -0.25) is 9.69 Å². The fourth-order valence-electron chi connectivity index (χ4n) is 5.60. The van der Waals surface area contributed by atoms with Crippen LogP contribution in [0.1, 0.15) is 30.1 Å². The van der Waals surface area contributed by atoms with Crippen molar-refractivity contribution in [3.05, 3.63) is 90.5 Å². The van der Waals surface area contributed by atoms with Crippen molar-refractivity contribution in [3.8, 4) is 0 Å². The van der Waals surface area contributed by atoms with E-state index in [1.807, 2.05) is 30.3 Å². The first-order valence-electron chi connectivity index (χ1n) is 13.0. The number of nitrogens with zero attached hydrogens (tertiary/aromatic N) is 2. The number of para-hydroxylation sites is 1. The summed E-state index contributed by atoms with van der Waals surface area (Å²) in [7, 11) is 0. The Kier molecular flexibility index (Phi) is 6.08. The summed E-state index contributed by atoms with van der Waals surface area (Å²) < 4.78 is 0. The molecule has 1 aromatic heterocycles. The van der Waals surface area contributed by atoms with Crippen LogP contribution < -0.4 is 10.2 Å². The molecule has 0 bridgehead atoms. The summed E-state index contributed by atoms with van der Waals surface area (Å²) in [5.41, 5.74) is 4.17. The van der Waals surface area contributed by atoms with Gasteiger partial charge in [-0.25, -0.2) is 0 Å². The molecule has 4 aromatic carbocycles. The Labute approximate surface area is 211 Å². The average Bonchev–Trinajstić information content (AvgIpc) is 3.30. The third-order valence-corrected chi connectivity index (χ3v) is 7.49. The van der Waals surface area contributed by atoms with Crippen molar-refractivity contribution in [2.45, 2.75) is 25.9 Å². The summed E-state index contributed by atoms with van der Waals surface area (Å²) >= 11 is 0. The number of rotatable bonds is 6. The fraction of sp³-hybridized carbons (Fsp3) is 0.258. The molecule has 0 aliphatic carbocycles. The minimum Gasteiger partial charge on any atom is -0.368 e. The van der Waals surface area contributed by atoms with E-state index in [2.05, 4.69) is 81.6 Å². The Bertz CT molecular complexity index is 1520. The Morgan fingerprint density at radius 2 is 1.56 bits per heavy atom. The number of nitrogens with one attached hydrogen (secondary N) is 2. The number of benzene rings is 4.